The minimum atomic E-state index is -0.106. The lowest BCUT2D eigenvalue weighted by molar-refractivity contribution is -0.120. The van der Waals surface area contributed by atoms with Gasteiger partial charge in [-0.15, -0.1) is 5.10 Å². The second kappa shape index (κ2) is 5.83. The largest absolute Gasteiger partial charge is 0.310 e. The summed E-state index contributed by atoms with van der Waals surface area (Å²) in [5, 5.41) is 12.4. The van der Waals surface area contributed by atoms with Gasteiger partial charge in [0.05, 0.1) is 16.4 Å². The van der Waals surface area contributed by atoms with E-state index in [1.807, 2.05) is 13.1 Å². The molecule has 1 unspecified atom stereocenters. The highest BCUT2D eigenvalue weighted by Crippen LogP contribution is 2.25. The van der Waals surface area contributed by atoms with E-state index in [-0.39, 0.29) is 11.8 Å². The molecule has 0 bridgehead atoms. The summed E-state index contributed by atoms with van der Waals surface area (Å²) >= 11 is 5.92. The molecule has 3 aromatic heterocycles. The number of rotatable bonds is 2. The van der Waals surface area contributed by atoms with Gasteiger partial charge in [-0.2, -0.15) is 0 Å². The normalized spacial score (nSPS) is 16.8. The van der Waals surface area contributed by atoms with Gasteiger partial charge in [0.2, 0.25) is 5.91 Å². The molecule has 4 rings (SSSR count). The van der Waals surface area contributed by atoms with Crippen LogP contribution in [0.2, 0.25) is 5.02 Å². The van der Waals surface area contributed by atoms with Crippen molar-refractivity contribution in [3.8, 4) is 0 Å². The van der Waals surface area contributed by atoms with E-state index >= 15 is 0 Å². The van der Waals surface area contributed by atoms with Crippen molar-refractivity contribution in [2.45, 2.75) is 19.3 Å². The summed E-state index contributed by atoms with van der Waals surface area (Å²) in [4.78, 5) is 21.1. The van der Waals surface area contributed by atoms with Gasteiger partial charge >= 0.3 is 0 Å². The molecule has 8 heteroatoms. The Morgan fingerprint density at radius 1 is 1.42 bits per heavy atom. The van der Waals surface area contributed by atoms with Crippen LogP contribution in [-0.4, -0.2) is 30.9 Å². The zero-order valence-corrected chi connectivity index (χ0v) is 13.8. The number of hydrogen-bond donors (Lipinski definition) is 1. The SMILES string of the molecule is Cn1nnc2c1CC(C(=O)Nc1ccc3cc(Cl)cnc3n1)CC2. The topological polar surface area (TPSA) is 85.6 Å². The van der Waals surface area contributed by atoms with Crippen molar-refractivity contribution in [2.24, 2.45) is 13.0 Å². The standard InChI is InChI=1S/C16H15ClN6O/c1-23-13-7-10(2-4-12(13)21-22-23)16(24)20-14-5-3-9-6-11(17)8-18-15(9)19-14/h3,5-6,8,10H,2,4,7H2,1H3,(H,18,19,20,24). The third kappa shape index (κ3) is 2.71. The Morgan fingerprint density at radius 3 is 3.17 bits per heavy atom. The average Bonchev–Trinajstić information content (AvgIpc) is 2.95. The van der Waals surface area contributed by atoms with Crippen LogP contribution in [0, 0.1) is 5.92 Å². The van der Waals surface area contributed by atoms with Crippen molar-refractivity contribution in [1.82, 2.24) is 25.0 Å². The van der Waals surface area contributed by atoms with Crippen LogP contribution in [0.3, 0.4) is 0 Å². The number of anilines is 1. The van der Waals surface area contributed by atoms with Crippen molar-refractivity contribution < 1.29 is 4.79 Å². The maximum Gasteiger partial charge on any atom is 0.229 e. The van der Waals surface area contributed by atoms with E-state index in [9.17, 15) is 4.79 Å². The lowest BCUT2D eigenvalue weighted by atomic mass is 9.89. The van der Waals surface area contributed by atoms with Crippen LogP contribution < -0.4 is 5.32 Å². The van der Waals surface area contributed by atoms with Crippen molar-refractivity contribution >= 4 is 34.4 Å². The predicted molar refractivity (Wildman–Crippen MR) is 89.7 cm³/mol. The Morgan fingerprint density at radius 2 is 2.29 bits per heavy atom. The molecule has 0 aliphatic heterocycles. The summed E-state index contributed by atoms with van der Waals surface area (Å²) in [6.07, 6.45) is 3.72. The minimum Gasteiger partial charge on any atom is -0.310 e. The summed E-state index contributed by atoms with van der Waals surface area (Å²) in [6.45, 7) is 0. The molecule has 0 saturated carbocycles. The molecule has 1 aliphatic carbocycles. The van der Waals surface area contributed by atoms with E-state index in [1.54, 1.807) is 23.0 Å². The molecule has 122 valence electrons. The molecule has 0 saturated heterocycles. The van der Waals surface area contributed by atoms with E-state index in [4.69, 9.17) is 11.6 Å². The van der Waals surface area contributed by atoms with Gasteiger partial charge in [0.1, 0.15) is 5.82 Å². The number of hydrogen-bond acceptors (Lipinski definition) is 5. The van der Waals surface area contributed by atoms with Gasteiger partial charge in [-0.3, -0.25) is 9.48 Å². The zero-order valence-electron chi connectivity index (χ0n) is 13.0. The number of carbonyl (C=O) groups is 1. The number of aromatic nitrogens is 5. The second-order valence-corrected chi connectivity index (χ2v) is 6.37. The number of amides is 1. The third-order valence-electron chi connectivity index (χ3n) is 4.32. The van der Waals surface area contributed by atoms with E-state index in [1.165, 1.54) is 0 Å². The molecule has 1 aliphatic rings. The molecular weight excluding hydrogens is 328 g/mol. The van der Waals surface area contributed by atoms with Crippen molar-refractivity contribution in [3.05, 3.63) is 40.8 Å². The fraction of sp³-hybridized carbons (Fsp3) is 0.312. The van der Waals surface area contributed by atoms with Gasteiger partial charge in [0.25, 0.3) is 0 Å². The first-order valence-corrected chi connectivity index (χ1v) is 8.08. The maximum atomic E-state index is 12.6. The monoisotopic (exact) mass is 342 g/mol. The van der Waals surface area contributed by atoms with E-state index < -0.39 is 0 Å². The lowest BCUT2D eigenvalue weighted by Gasteiger charge is -2.20. The maximum absolute atomic E-state index is 12.6. The van der Waals surface area contributed by atoms with Gasteiger partial charge in [-0.1, -0.05) is 16.8 Å². The third-order valence-corrected chi connectivity index (χ3v) is 4.53. The number of aryl methyl sites for hydroxylation is 2. The average molecular weight is 343 g/mol. The van der Waals surface area contributed by atoms with Crippen LogP contribution in [0.4, 0.5) is 5.82 Å². The highest BCUT2D eigenvalue weighted by atomic mass is 35.5. The smallest absolute Gasteiger partial charge is 0.229 e. The first-order chi connectivity index (χ1) is 11.6. The zero-order chi connectivity index (χ0) is 16.7. The summed E-state index contributed by atoms with van der Waals surface area (Å²) in [5.41, 5.74) is 2.58. The molecule has 0 radical (unpaired) electrons. The van der Waals surface area contributed by atoms with Gasteiger partial charge in [-0.05, 0) is 31.0 Å². The Balaban J connectivity index is 1.52. The van der Waals surface area contributed by atoms with Crippen molar-refractivity contribution in [2.75, 3.05) is 5.32 Å². The van der Waals surface area contributed by atoms with Gasteiger partial charge in [0, 0.05) is 31.0 Å². The van der Waals surface area contributed by atoms with Gasteiger partial charge < -0.3 is 5.32 Å². The van der Waals surface area contributed by atoms with Gasteiger partial charge in [-0.25, -0.2) is 9.97 Å². The number of nitrogens with zero attached hydrogens (tertiary/aromatic N) is 5. The number of carbonyl (C=O) groups excluding carboxylic acids is 1. The van der Waals surface area contributed by atoms with E-state index in [0.29, 0.717) is 22.9 Å². The molecule has 7 nitrogen and oxygen atoms in total. The Kier molecular flexibility index (Phi) is 3.65. The van der Waals surface area contributed by atoms with E-state index in [2.05, 4.69) is 25.6 Å². The Labute approximate surface area is 143 Å². The van der Waals surface area contributed by atoms with Crippen molar-refractivity contribution in [3.63, 3.8) is 0 Å². The first-order valence-electron chi connectivity index (χ1n) is 7.71. The molecule has 0 fully saturated rings. The second-order valence-electron chi connectivity index (χ2n) is 5.93. The molecular formula is C16H15ClN6O. The summed E-state index contributed by atoms with van der Waals surface area (Å²) < 4.78 is 1.75. The van der Waals surface area contributed by atoms with Crippen LogP contribution in [0.15, 0.2) is 24.4 Å². The molecule has 3 heterocycles. The molecule has 3 aromatic rings. The van der Waals surface area contributed by atoms with Gasteiger partial charge in [0.15, 0.2) is 5.65 Å². The quantitative estimate of drug-likeness (QED) is 0.771. The van der Waals surface area contributed by atoms with E-state index in [0.717, 1.165) is 29.6 Å². The number of nitrogens with one attached hydrogen (secondary N) is 1. The number of pyridine rings is 2. The molecule has 0 spiro atoms. The molecule has 0 aromatic carbocycles. The van der Waals surface area contributed by atoms with Crippen LogP contribution >= 0.6 is 11.6 Å². The molecule has 1 atom stereocenters. The minimum absolute atomic E-state index is 0.0392. The Hall–Kier alpha value is -2.54. The fourth-order valence-electron chi connectivity index (χ4n) is 3.02. The summed E-state index contributed by atoms with van der Waals surface area (Å²) in [7, 11) is 1.85. The highest BCUT2D eigenvalue weighted by molar-refractivity contribution is 6.31. The van der Waals surface area contributed by atoms with Crippen molar-refractivity contribution in [1.29, 1.82) is 0 Å². The van der Waals surface area contributed by atoms with Crippen LogP contribution in [-0.2, 0) is 24.7 Å². The predicted octanol–water partition coefficient (Wildman–Crippen LogP) is 2.16. The lowest BCUT2D eigenvalue weighted by Crippen LogP contribution is -2.29. The van der Waals surface area contributed by atoms with Crippen LogP contribution in [0.1, 0.15) is 17.8 Å². The number of fused-ring (bicyclic) bond motifs is 2. The highest BCUT2D eigenvalue weighted by Gasteiger charge is 2.28. The summed E-state index contributed by atoms with van der Waals surface area (Å²) in [6, 6.07) is 5.40. The molecule has 1 N–H and O–H groups in total. The Bertz CT molecular complexity index is 937. The first kappa shape index (κ1) is 15.0. The number of halogens is 1. The summed E-state index contributed by atoms with van der Waals surface area (Å²) in [5.74, 6) is 0.351. The van der Waals surface area contributed by atoms with Crippen LogP contribution in [0.25, 0.3) is 11.0 Å². The molecule has 1 amide bonds. The van der Waals surface area contributed by atoms with Crippen LogP contribution in [0.5, 0.6) is 0 Å². The molecule has 24 heavy (non-hydrogen) atoms. The fourth-order valence-corrected chi connectivity index (χ4v) is 3.18.